The highest BCUT2D eigenvalue weighted by Gasteiger charge is 2.10. The molecule has 0 fully saturated rings. The Labute approximate surface area is 108 Å². The van der Waals surface area contributed by atoms with Gasteiger partial charge in [-0.05, 0) is 31.0 Å². The van der Waals surface area contributed by atoms with Crippen molar-refractivity contribution in [2.24, 2.45) is 0 Å². The van der Waals surface area contributed by atoms with E-state index in [2.05, 4.69) is 23.8 Å². The van der Waals surface area contributed by atoms with Crippen LogP contribution >= 0.6 is 0 Å². The SMILES string of the molecule is CCOc1ccccc1-c1nccc(C(C)C)n1. The van der Waals surface area contributed by atoms with Crippen molar-refractivity contribution in [1.29, 1.82) is 0 Å². The second-order valence-corrected chi connectivity index (χ2v) is 4.39. The molecule has 0 aliphatic carbocycles. The minimum atomic E-state index is 0.394. The monoisotopic (exact) mass is 242 g/mol. The van der Waals surface area contributed by atoms with Crippen molar-refractivity contribution in [2.45, 2.75) is 26.7 Å². The van der Waals surface area contributed by atoms with Gasteiger partial charge < -0.3 is 4.74 Å². The fourth-order valence-corrected chi connectivity index (χ4v) is 1.76. The maximum atomic E-state index is 5.61. The lowest BCUT2D eigenvalue weighted by Gasteiger charge is -2.10. The van der Waals surface area contributed by atoms with E-state index in [0.717, 1.165) is 22.8 Å². The summed E-state index contributed by atoms with van der Waals surface area (Å²) in [6, 6.07) is 9.83. The zero-order valence-electron chi connectivity index (χ0n) is 11.1. The van der Waals surface area contributed by atoms with Crippen LogP contribution < -0.4 is 4.74 Å². The topological polar surface area (TPSA) is 35.0 Å². The fourth-order valence-electron chi connectivity index (χ4n) is 1.76. The van der Waals surface area contributed by atoms with Gasteiger partial charge in [-0.2, -0.15) is 0 Å². The summed E-state index contributed by atoms with van der Waals surface area (Å²) in [5.41, 5.74) is 1.99. The minimum Gasteiger partial charge on any atom is -0.493 e. The van der Waals surface area contributed by atoms with Gasteiger partial charge in [-0.3, -0.25) is 0 Å². The Morgan fingerprint density at radius 1 is 1.17 bits per heavy atom. The lowest BCUT2D eigenvalue weighted by molar-refractivity contribution is 0.341. The van der Waals surface area contributed by atoms with Gasteiger partial charge in [0.2, 0.25) is 0 Å². The van der Waals surface area contributed by atoms with E-state index in [1.807, 2.05) is 37.3 Å². The lowest BCUT2D eigenvalue weighted by Crippen LogP contribution is -1.99. The molecule has 0 amide bonds. The first kappa shape index (κ1) is 12.6. The Balaban J connectivity index is 2.45. The third-order valence-electron chi connectivity index (χ3n) is 2.70. The number of hydrogen-bond donors (Lipinski definition) is 0. The third-order valence-corrected chi connectivity index (χ3v) is 2.70. The second kappa shape index (κ2) is 5.63. The normalized spacial score (nSPS) is 10.7. The van der Waals surface area contributed by atoms with Crippen LogP contribution in [0.4, 0.5) is 0 Å². The van der Waals surface area contributed by atoms with Crippen LogP contribution in [0.1, 0.15) is 32.4 Å². The molecule has 2 rings (SSSR count). The maximum Gasteiger partial charge on any atom is 0.163 e. The van der Waals surface area contributed by atoms with E-state index in [1.165, 1.54) is 0 Å². The van der Waals surface area contributed by atoms with Crippen LogP contribution in [0.15, 0.2) is 36.5 Å². The molecule has 0 aliphatic heterocycles. The molecule has 0 saturated carbocycles. The average molecular weight is 242 g/mol. The molecular weight excluding hydrogens is 224 g/mol. The van der Waals surface area contributed by atoms with Crippen LogP contribution in [0.3, 0.4) is 0 Å². The summed E-state index contributed by atoms with van der Waals surface area (Å²) in [5.74, 6) is 1.96. The van der Waals surface area contributed by atoms with Gasteiger partial charge >= 0.3 is 0 Å². The van der Waals surface area contributed by atoms with E-state index in [1.54, 1.807) is 6.20 Å². The van der Waals surface area contributed by atoms with E-state index < -0.39 is 0 Å². The Hall–Kier alpha value is -1.90. The molecule has 1 heterocycles. The number of aromatic nitrogens is 2. The first-order chi connectivity index (χ1) is 8.72. The zero-order chi connectivity index (χ0) is 13.0. The van der Waals surface area contributed by atoms with Crippen LogP contribution in [0.5, 0.6) is 5.75 Å². The van der Waals surface area contributed by atoms with Gasteiger partial charge in [0.1, 0.15) is 5.75 Å². The van der Waals surface area contributed by atoms with Crippen LogP contribution in [-0.2, 0) is 0 Å². The van der Waals surface area contributed by atoms with Crippen LogP contribution in [-0.4, -0.2) is 16.6 Å². The van der Waals surface area contributed by atoms with Crippen molar-refractivity contribution in [1.82, 2.24) is 9.97 Å². The highest BCUT2D eigenvalue weighted by molar-refractivity contribution is 5.63. The number of para-hydroxylation sites is 1. The van der Waals surface area contributed by atoms with E-state index in [9.17, 15) is 0 Å². The van der Waals surface area contributed by atoms with Gasteiger partial charge in [0.25, 0.3) is 0 Å². The first-order valence-corrected chi connectivity index (χ1v) is 6.27. The Kier molecular flexibility index (Phi) is 3.92. The van der Waals surface area contributed by atoms with Gasteiger partial charge in [-0.1, -0.05) is 26.0 Å². The quantitative estimate of drug-likeness (QED) is 0.820. The van der Waals surface area contributed by atoms with Crippen LogP contribution in [0.25, 0.3) is 11.4 Å². The summed E-state index contributed by atoms with van der Waals surface area (Å²) in [6.07, 6.45) is 1.81. The van der Waals surface area contributed by atoms with Gasteiger partial charge in [0.05, 0.1) is 12.2 Å². The highest BCUT2D eigenvalue weighted by Crippen LogP contribution is 2.27. The van der Waals surface area contributed by atoms with E-state index in [4.69, 9.17) is 4.74 Å². The number of benzene rings is 1. The van der Waals surface area contributed by atoms with Gasteiger partial charge in [-0.25, -0.2) is 9.97 Å². The largest absolute Gasteiger partial charge is 0.493 e. The third kappa shape index (κ3) is 2.67. The van der Waals surface area contributed by atoms with Crippen LogP contribution in [0, 0.1) is 0 Å². The molecule has 0 N–H and O–H groups in total. The maximum absolute atomic E-state index is 5.61. The molecule has 1 aromatic carbocycles. The summed E-state index contributed by atoms with van der Waals surface area (Å²) in [7, 11) is 0. The summed E-state index contributed by atoms with van der Waals surface area (Å²) in [4.78, 5) is 8.94. The van der Waals surface area contributed by atoms with Gasteiger partial charge in [0.15, 0.2) is 5.82 Å². The first-order valence-electron chi connectivity index (χ1n) is 6.27. The molecule has 0 radical (unpaired) electrons. The summed E-state index contributed by atoms with van der Waals surface area (Å²) in [6.45, 7) is 6.87. The fraction of sp³-hybridized carbons (Fsp3) is 0.333. The van der Waals surface area contributed by atoms with Crippen molar-refractivity contribution in [3.8, 4) is 17.1 Å². The molecule has 3 heteroatoms. The molecule has 2 aromatic rings. The van der Waals surface area contributed by atoms with Crippen molar-refractivity contribution >= 4 is 0 Å². The predicted octanol–water partition coefficient (Wildman–Crippen LogP) is 3.67. The molecular formula is C15H18N2O. The van der Waals surface area contributed by atoms with E-state index in [-0.39, 0.29) is 0 Å². The van der Waals surface area contributed by atoms with Crippen molar-refractivity contribution in [3.05, 3.63) is 42.2 Å². The van der Waals surface area contributed by atoms with Gasteiger partial charge in [0, 0.05) is 11.9 Å². The van der Waals surface area contributed by atoms with Gasteiger partial charge in [-0.15, -0.1) is 0 Å². The summed E-state index contributed by atoms with van der Waals surface area (Å²) < 4.78 is 5.61. The molecule has 0 spiro atoms. The molecule has 18 heavy (non-hydrogen) atoms. The second-order valence-electron chi connectivity index (χ2n) is 4.39. The average Bonchev–Trinajstić information content (AvgIpc) is 2.40. The summed E-state index contributed by atoms with van der Waals surface area (Å²) in [5, 5.41) is 0. The van der Waals surface area contributed by atoms with Crippen LogP contribution in [0.2, 0.25) is 0 Å². The molecule has 0 bridgehead atoms. The standard InChI is InChI=1S/C15H18N2O/c1-4-18-14-8-6-5-7-12(14)15-16-10-9-13(17-15)11(2)3/h5-11H,4H2,1-3H3. The Morgan fingerprint density at radius 2 is 1.94 bits per heavy atom. The van der Waals surface area contributed by atoms with Crippen molar-refractivity contribution in [3.63, 3.8) is 0 Å². The number of rotatable bonds is 4. The van der Waals surface area contributed by atoms with E-state index in [0.29, 0.717) is 12.5 Å². The van der Waals surface area contributed by atoms with Crippen molar-refractivity contribution < 1.29 is 4.74 Å². The summed E-state index contributed by atoms with van der Waals surface area (Å²) >= 11 is 0. The Bertz CT molecular complexity index is 523. The predicted molar refractivity (Wildman–Crippen MR) is 72.7 cm³/mol. The molecule has 0 unspecified atom stereocenters. The molecule has 94 valence electrons. The lowest BCUT2D eigenvalue weighted by atomic mass is 10.1. The number of nitrogens with zero attached hydrogens (tertiary/aromatic N) is 2. The molecule has 0 aliphatic rings. The highest BCUT2D eigenvalue weighted by atomic mass is 16.5. The Morgan fingerprint density at radius 3 is 2.67 bits per heavy atom. The van der Waals surface area contributed by atoms with E-state index >= 15 is 0 Å². The smallest absolute Gasteiger partial charge is 0.163 e. The molecule has 1 aromatic heterocycles. The van der Waals surface area contributed by atoms with Crippen molar-refractivity contribution in [2.75, 3.05) is 6.61 Å². The minimum absolute atomic E-state index is 0.394. The zero-order valence-corrected chi connectivity index (χ0v) is 11.1. The number of ether oxygens (including phenoxy) is 1. The molecule has 3 nitrogen and oxygen atoms in total. The molecule has 0 atom stereocenters. The molecule has 0 saturated heterocycles. The number of hydrogen-bond acceptors (Lipinski definition) is 3.